The zero-order valence-electron chi connectivity index (χ0n) is 18.6. The van der Waals surface area contributed by atoms with E-state index in [1.807, 2.05) is 51.1 Å². The predicted molar refractivity (Wildman–Crippen MR) is 123 cm³/mol. The van der Waals surface area contributed by atoms with Gasteiger partial charge in [0.1, 0.15) is 23.2 Å². The zero-order chi connectivity index (χ0) is 22.7. The molecule has 0 aliphatic heterocycles. The van der Waals surface area contributed by atoms with Gasteiger partial charge in [-0.2, -0.15) is 5.26 Å². The Bertz CT molecular complexity index is 1120. The summed E-state index contributed by atoms with van der Waals surface area (Å²) < 4.78 is 5.43. The summed E-state index contributed by atoms with van der Waals surface area (Å²) >= 11 is 0. The molecule has 166 valence electrons. The van der Waals surface area contributed by atoms with Gasteiger partial charge in [0.2, 0.25) is 0 Å². The largest absolute Gasteiger partial charge is 0.444 e. The molecular formula is C24H28N6O2. The average molecular weight is 433 g/mol. The lowest BCUT2D eigenvalue weighted by Crippen LogP contribution is -2.49. The number of benzene rings is 1. The SMILES string of the molecule is CC(C)(C)OC(=O)N[C@H]1CCCC[C@H]1Nc1cnc(C#N)c(-c2cc3ccccc3[nH]2)n1. The number of amides is 1. The standard InChI is InChI=1S/C24H28N6O2/c1-24(2,3)32-23(31)29-18-11-7-6-10-17(18)28-21-14-26-20(13-25)22(30-21)19-12-15-8-4-5-9-16(15)27-19/h4-5,8-9,12,14,17-18,27H,6-7,10-11H2,1-3H3,(H,28,30)(H,29,31)/t17-,18+/m1/s1. The van der Waals surface area contributed by atoms with Gasteiger partial charge in [0.15, 0.2) is 5.69 Å². The van der Waals surface area contributed by atoms with Crippen LogP contribution in [0.15, 0.2) is 36.5 Å². The number of hydrogen-bond donors (Lipinski definition) is 3. The topological polar surface area (TPSA) is 116 Å². The molecule has 1 aromatic carbocycles. The first-order valence-electron chi connectivity index (χ1n) is 10.9. The molecule has 2 heterocycles. The van der Waals surface area contributed by atoms with Gasteiger partial charge in [0.25, 0.3) is 0 Å². The number of rotatable bonds is 4. The number of para-hydroxylation sites is 1. The Kier molecular flexibility index (Phi) is 5.99. The molecule has 2 aromatic heterocycles. The molecule has 3 N–H and O–H groups in total. The van der Waals surface area contributed by atoms with Crippen molar-refractivity contribution >= 4 is 22.8 Å². The molecule has 1 saturated carbocycles. The van der Waals surface area contributed by atoms with E-state index in [0.29, 0.717) is 11.5 Å². The van der Waals surface area contributed by atoms with Gasteiger partial charge in [-0.25, -0.2) is 14.8 Å². The molecule has 0 bridgehead atoms. The molecule has 1 fully saturated rings. The van der Waals surface area contributed by atoms with E-state index in [-0.39, 0.29) is 17.8 Å². The summed E-state index contributed by atoms with van der Waals surface area (Å²) in [6.07, 6.45) is 5.00. The lowest BCUT2D eigenvalue weighted by molar-refractivity contribution is 0.0488. The van der Waals surface area contributed by atoms with Crippen LogP contribution in [0.3, 0.4) is 0 Å². The number of ether oxygens (including phenoxy) is 1. The van der Waals surface area contributed by atoms with Gasteiger partial charge in [-0.15, -0.1) is 0 Å². The number of aromatic amines is 1. The summed E-state index contributed by atoms with van der Waals surface area (Å²) in [5.74, 6) is 0.570. The minimum Gasteiger partial charge on any atom is -0.444 e. The molecule has 2 atom stereocenters. The number of nitrogens with zero attached hydrogens (tertiary/aromatic N) is 3. The second kappa shape index (κ2) is 8.87. The first-order chi connectivity index (χ1) is 15.3. The van der Waals surface area contributed by atoms with Crippen molar-refractivity contribution in [3.63, 3.8) is 0 Å². The van der Waals surface area contributed by atoms with E-state index in [1.165, 1.54) is 0 Å². The maximum Gasteiger partial charge on any atom is 0.407 e. The van der Waals surface area contributed by atoms with Gasteiger partial charge in [-0.1, -0.05) is 31.0 Å². The molecule has 32 heavy (non-hydrogen) atoms. The molecule has 0 saturated heterocycles. The number of carbonyl (C=O) groups excluding carboxylic acids is 1. The molecule has 8 heteroatoms. The first-order valence-corrected chi connectivity index (χ1v) is 10.9. The fourth-order valence-corrected chi connectivity index (χ4v) is 4.05. The number of carbonyl (C=O) groups is 1. The second-order valence-electron chi connectivity index (χ2n) is 9.12. The van der Waals surface area contributed by atoms with Gasteiger partial charge in [-0.3, -0.25) is 0 Å². The summed E-state index contributed by atoms with van der Waals surface area (Å²) in [4.78, 5) is 24.7. The fourth-order valence-electron chi connectivity index (χ4n) is 4.05. The highest BCUT2D eigenvalue weighted by Gasteiger charge is 2.29. The molecule has 0 radical (unpaired) electrons. The van der Waals surface area contributed by atoms with Crippen LogP contribution in [0.5, 0.6) is 0 Å². The first kappa shape index (κ1) is 21.6. The van der Waals surface area contributed by atoms with Crippen LogP contribution in [-0.2, 0) is 4.74 Å². The summed E-state index contributed by atoms with van der Waals surface area (Å²) in [7, 11) is 0. The van der Waals surface area contributed by atoms with Crippen molar-refractivity contribution in [3.8, 4) is 17.5 Å². The number of anilines is 1. The van der Waals surface area contributed by atoms with E-state index in [2.05, 4.69) is 26.7 Å². The van der Waals surface area contributed by atoms with Crippen molar-refractivity contribution < 1.29 is 9.53 Å². The molecular weight excluding hydrogens is 404 g/mol. The van der Waals surface area contributed by atoms with E-state index in [1.54, 1.807) is 6.20 Å². The van der Waals surface area contributed by atoms with Gasteiger partial charge in [-0.05, 0) is 45.7 Å². The lowest BCUT2D eigenvalue weighted by Gasteiger charge is -2.33. The highest BCUT2D eigenvalue weighted by atomic mass is 16.6. The Morgan fingerprint density at radius 3 is 2.69 bits per heavy atom. The van der Waals surface area contributed by atoms with Gasteiger partial charge >= 0.3 is 6.09 Å². The summed E-state index contributed by atoms with van der Waals surface area (Å²) in [5, 5.41) is 17.0. The van der Waals surface area contributed by atoms with Crippen molar-refractivity contribution in [2.24, 2.45) is 0 Å². The third-order valence-electron chi connectivity index (χ3n) is 5.46. The third-order valence-corrected chi connectivity index (χ3v) is 5.46. The van der Waals surface area contributed by atoms with Crippen molar-refractivity contribution in [2.75, 3.05) is 5.32 Å². The second-order valence-corrected chi connectivity index (χ2v) is 9.12. The normalized spacial score (nSPS) is 18.7. The predicted octanol–water partition coefficient (Wildman–Crippen LogP) is 4.74. The third kappa shape index (κ3) is 4.99. The Hall–Kier alpha value is -3.60. The van der Waals surface area contributed by atoms with Crippen LogP contribution in [0.2, 0.25) is 0 Å². The summed E-state index contributed by atoms with van der Waals surface area (Å²) in [6, 6.07) is 11.9. The minimum absolute atomic E-state index is 0.00549. The molecule has 4 rings (SSSR count). The van der Waals surface area contributed by atoms with E-state index < -0.39 is 11.7 Å². The van der Waals surface area contributed by atoms with E-state index in [0.717, 1.165) is 42.3 Å². The van der Waals surface area contributed by atoms with Crippen LogP contribution in [-0.4, -0.2) is 38.7 Å². The molecule has 1 aliphatic rings. The number of alkyl carbamates (subject to hydrolysis) is 1. The zero-order valence-corrected chi connectivity index (χ0v) is 18.6. The van der Waals surface area contributed by atoms with Crippen molar-refractivity contribution in [1.82, 2.24) is 20.3 Å². The van der Waals surface area contributed by atoms with Crippen molar-refractivity contribution in [2.45, 2.75) is 64.1 Å². The number of nitriles is 1. The van der Waals surface area contributed by atoms with Gasteiger partial charge in [0, 0.05) is 16.9 Å². The maximum atomic E-state index is 12.3. The fraction of sp³-hybridized carbons (Fsp3) is 0.417. The van der Waals surface area contributed by atoms with E-state index >= 15 is 0 Å². The van der Waals surface area contributed by atoms with Crippen LogP contribution in [0.1, 0.15) is 52.1 Å². The van der Waals surface area contributed by atoms with Gasteiger partial charge < -0.3 is 20.4 Å². The molecule has 1 aliphatic carbocycles. The Morgan fingerprint density at radius 1 is 1.22 bits per heavy atom. The average Bonchev–Trinajstić information content (AvgIpc) is 3.18. The molecule has 0 unspecified atom stereocenters. The quantitative estimate of drug-likeness (QED) is 0.548. The summed E-state index contributed by atoms with van der Waals surface area (Å²) in [5.41, 5.74) is 1.93. The molecule has 1 amide bonds. The van der Waals surface area contributed by atoms with Crippen LogP contribution >= 0.6 is 0 Å². The number of aromatic nitrogens is 3. The van der Waals surface area contributed by atoms with Crippen LogP contribution < -0.4 is 10.6 Å². The Balaban J connectivity index is 1.56. The number of H-pyrrole nitrogens is 1. The molecule has 3 aromatic rings. The molecule has 0 spiro atoms. The Labute approximate surface area is 187 Å². The number of nitrogens with one attached hydrogen (secondary N) is 3. The highest BCUT2D eigenvalue weighted by Crippen LogP contribution is 2.27. The van der Waals surface area contributed by atoms with Crippen LogP contribution in [0, 0.1) is 11.3 Å². The van der Waals surface area contributed by atoms with Crippen molar-refractivity contribution in [3.05, 3.63) is 42.2 Å². The number of fused-ring (bicyclic) bond motifs is 1. The minimum atomic E-state index is -0.547. The smallest absolute Gasteiger partial charge is 0.407 e. The number of hydrogen-bond acceptors (Lipinski definition) is 6. The Morgan fingerprint density at radius 2 is 1.97 bits per heavy atom. The van der Waals surface area contributed by atoms with E-state index in [9.17, 15) is 10.1 Å². The molecule has 8 nitrogen and oxygen atoms in total. The van der Waals surface area contributed by atoms with E-state index in [4.69, 9.17) is 9.72 Å². The van der Waals surface area contributed by atoms with Crippen LogP contribution in [0.25, 0.3) is 22.3 Å². The summed E-state index contributed by atoms with van der Waals surface area (Å²) in [6.45, 7) is 5.54. The van der Waals surface area contributed by atoms with Gasteiger partial charge in [0.05, 0.1) is 17.9 Å². The highest BCUT2D eigenvalue weighted by molar-refractivity contribution is 5.86. The lowest BCUT2D eigenvalue weighted by atomic mass is 9.90. The monoisotopic (exact) mass is 432 g/mol. The maximum absolute atomic E-state index is 12.3. The van der Waals surface area contributed by atoms with Crippen molar-refractivity contribution in [1.29, 1.82) is 5.26 Å². The van der Waals surface area contributed by atoms with Crippen LogP contribution in [0.4, 0.5) is 10.6 Å².